The fourth-order valence-corrected chi connectivity index (χ4v) is 5.43. The molecular weight excluding hydrogens is 408 g/mol. The fraction of sp³-hybridized carbons (Fsp3) is 0.333. The van der Waals surface area contributed by atoms with E-state index in [4.69, 9.17) is 4.74 Å². The van der Waals surface area contributed by atoms with Crippen LogP contribution in [-0.4, -0.2) is 37.8 Å². The third-order valence-electron chi connectivity index (χ3n) is 5.84. The second-order valence-electron chi connectivity index (χ2n) is 7.76. The molecule has 160 valence electrons. The van der Waals surface area contributed by atoms with Crippen LogP contribution < -0.4 is 4.74 Å². The van der Waals surface area contributed by atoms with Gasteiger partial charge in [-0.05, 0) is 42.2 Å². The number of fused-ring (bicyclic) bond motifs is 2. The molecule has 0 spiro atoms. The summed E-state index contributed by atoms with van der Waals surface area (Å²) in [4.78, 5) is 8.62. The number of hydrogen-bond acceptors (Lipinski definition) is 6. The summed E-state index contributed by atoms with van der Waals surface area (Å²) < 4.78 is 7.22. The first kappa shape index (κ1) is 20.0. The summed E-state index contributed by atoms with van der Waals surface area (Å²) in [7, 11) is 0. The Morgan fingerprint density at radius 1 is 1.10 bits per heavy atom. The molecule has 0 radical (unpaired) electrons. The molecule has 5 rings (SSSR count). The van der Waals surface area contributed by atoms with E-state index in [0.717, 1.165) is 52.9 Å². The average molecular weight is 435 g/mol. The number of benzene rings is 2. The number of thiazole rings is 1. The first-order valence-corrected chi connectivity index (χ1v) is 11.6. The van der Waals surface area contributed by atoms with E-state index in [1.807, 2.05) is 26.0 Å². The smallest absolute Gasteiger partial charge is 0.230 e. The van der Waals surface area contributed by atoms with Crippen LogP contribution in [-0.2, 0) is 19.4 Å². The highest BCUT2D eigenvalue weighted by atomic mass is 32.1. The summed E-state index contributed by atoms with van der Waals surface area (Å²) in [6.07, 6.45) is 1.74. The molecule has 1 aliphatic rings. The van der Waals surface area contributed by atoms with Crippen molar-refractivity contribution in [2.24, 2.45) is 0 Å². The van der Waals surface area contributed by atoms with Crippen molar-refractivity contribution in [1.82, 2.24) is 19.5 Å². The normalized spacial score (nSPS) is 15.2. The zero-order valence-corrected chi connectivity index (χ0v) is 18.6. The van der Waals surface area contributed by atoms with Crippen LogP contribution in [0.5, 0.6) is 11.6 Å². The van der Waals surface area contributed by atoms with Crippen molar-refractivity contribution in [1.29, 1.82) is 0 Å². The number of ether oxygens (including phenoxy) is 1. The molecule has 7 heteroatoms. The monoisotopic (exact) mass is 434 g/mol. The molecule has 0 fully saturated rings. The number of hydrogen-bond donors (Lipinski definition) is 1. The van der Waals surface area contributed by atoms with E-state index >= 15 is 0 Å². The molecule has 0 amide bonds. The number of rotatable bonds is 6. The third kappa shape index (κ3) is 3.68. The topological polar surface area (TPSA) is 62.9 Å². The van der Waals surface area contributed by atoms with E-state index < -0.39 is 0 Å². The van der Waals surface area contributed by atoms with Gasteiger partial charge in [0.2, 0.25) is 10.8 Å². The highest BCUT2D eigenvalue weighted by molar-refractivity contribution is 7.17. The number of aromatic hydroxyl groups is 1. The van der Waals surface area contributed by atoms with Crippen LogP contribution in [0, 0.1) is 0 Å². The van der Waals surface area contributed by atoms with E-state index in [1.54, 1.807) is 4.52 Å². The maximum Gasteiger partial charge on any atom is 0.230 e. The van der Waals surface area contributed by atoms with Crippen molar-refractivity contribution in [3.63, 3.8) is 0 Å². The minimum absolute atomic E-state index is 0.0809. The Morgan fingerprint density at radius 2 is 1.87 bits per heavy atom. The van der Waals surface area contributed by atoms with Crippen LogP contribution in [0.4, 0.5) is 0 Å². The summed E-state index contributed by atoms with van der Waals surface area (Å²) in [6.45, 7) is 6.40. The Hall–Kier alpha value is -2.90. The highest BCUT2D eigenvalue weighted by Crippen LogP contribution is 2.42. The lowest BCUT2D eigenvalue weighted by atomic mass is 9.95. The lowest BCUT2D eigenvalue weighted by Crippen LogP contribution is -2.34. The van der Waals surface area contributed by atoms with Crippen molar-refractivity contribution < 1.29 is 9.84 Å². The molecule has 4 aromatic rings. The number of aromatic nitrogens is 3. The highest BCUT2D eigenvalue weighted by Gasteiger charge is 2.31. The van der Waals surface area contributed by atoms with Gasteiger partial charge in [0.25, 0.3) is 0 Å². The Bertz CT molecular complexity index is 1200. The van der Waals surface area contributed by atoms with E-state index in [0.29, 0.717) is 6.61 Å². The van der Waals surface area contributed by atoms with Gasteiger partial charge in [-0.3, -0.25) is 4.90 Å². The minimum Gasteiger partial charge on any atom is -0.494 e. The molecule has 3 heterocycles. The number of nitrogens with zero attached hydrogens (tertiary/aromatic N) is 4. The van der Waals surface area contributed by atoms with E-state index in [1.165, 1.54) is 22.5 Å². The molecule has 0 saturated carbocycles. The lowest BCUT2D eigenvalue weighted by molar-refractivity contribution is 0.205. The van der Waals surface area contributed by atoms with Crippen molar-refractivity contribution in [3.8, 4) is 11.6 Å². The molecule has 1 atom stereocenters. The van der Waals surface area contributed by atoms with Crippen molar-refractivity contribution in [2.45, 2.75) is 39.3 Å². The van der Waals surface area contributed by atoms with Crippen LogP contribution in [0.1, 0.15) is 47.3 Å². The SMILES string of the molecule is CCOc1ccc(C(c2sc3nc(CC)nn3c2O)N2CCc3ccccc3C2)cc1. The summed E-state index contributed by atoms with van der Waals surface area (Å²) in [5.74, 6) is 1.79. The van der Waals surface area contributed by atoms with Crippen LogP contribution in [0.2, 0.25) is 0 Å². The Kier molecular flexibility index (Phi) is 5.38. The van der Waals surface area contributed by atoms with Gasteiger partial charge in [-0.1, -0.05) is 54.7 Å². The predicted molar refractivity (Wildman–Crippen MR) is 122 cm³/mol. The Balaban J connectivity index is 1.58. The molecule has 0 bridgehead atoms. The lowest BCUT2D eigenvalue weighted by Gasteiger charge is -2.35. The van der Waals surface area contributed by atoms with E-state index in [2.05, 4.69) is 51.4 Å². The molecule has 1 unspecified atom stereocenters. The van der Waals surface area contributed by atoms with Crippen LogP contribution in [0.3, 0.4) is 0 Å². The quantitative estimate of drug-likeness (QED) is 0.480. The molecule has 2 aromatic heterocycles. The molecule has 31 heavy (non-hydrogen) atoms. The second kappa shape index (κ2) is 8.32. The van der Waals surface area contributed by atoms with Gasteiger partial charge in [-0.15, -0.1) is 5.10 Å². The molecular formula is C24H26N4O2S. The van der Waals surface area contributed by atoms with Gasteiger partial charge in [0, 0.05) is 19.5 Å². The molecule has 2 aromatic carbocycles. The van der Waals surface area contributed by atoms with Gasteiger partial charge in [0.05, 0.1) is 17.5 Å². The maximum absolute atomic E-state index is 11.1. The van der Waals surface area contributed by atoms with Crippen molar-refractivity contribution in [2.75, 3.05) is 13.2 Å². The molecule has 0 saturated heterocycles. The maximum atomic E-state index is 11.1. The minimum atomic E-state index is -0.0809. The summed E-state index contributed by atoms with van der Waals surface area (Å²) in [5.41, 5.74) is 3.87. The van der Waals surface area contributed by atoms with Gasteiger partial charge >= 0.3 is 0 Å². The standard InChI is InChI=1S/C24H26N4O2S/c1-3-20-25-24-28(26-20)23(29)22(31-24)21(17-9-11-19(12-10-17)30-4-2)27-14-13-16-7-5-6-8-18(16)15-27/h5-12,21,29H,3-4,13-15H2,1-2H3. The third-order valence-corrected chi connectivity index (χ3v) is 6.91. The molecule has 0 aliphatic carbocycles. The van der Waals surface area contributed by atoms with Crippen LogP contribution >= 0.6 is 11.3 Å². The van der Waals surface area contributed by atoms with E-state index in [9.17, 15) is 5.11 Å². The van der Waals surface area contributed by atoms with E-state index in [-0.39, 0.29) is 11.9 Å². The zero-order chi connectivity index (χ0) is 21.4. The molecule has 6 nitrogen and oxygen atoms in total. The molecule has 1 aliphatic heterocycles. The summed E-state index contributed by atoms with van der Waals surface area (Å²) >= 11 is 1.52. The Labute approximate surface area is 185 Å². The van der Waals surface area contributed by atoms with Gasteiger partial charge in [-0.2, -0.15) is 4.52 Å². The largest absolute Gasteiger partial charge is 0.494 e. The van der Waals surface area contributed by atoms with Gasteiger partial charge < -0.3 is 9.84 Å². The number of aryl methyl sites for hydroxylation is 1. The van der Waals surface area contributed by atoms with Gasteiger partial charge in [0.15, 0.2) is 5.82 Å². The Morgan fingerprint density at radius 3 is 2.58 bits per heavy atom. The van der Waals surface area contributed by atoms with Crippen LogP contribution in [0.25, 0.3) is 4.96 Å². The second-order valence-corrected chi connectivity index (χ2v) is 8.77. The summed E-state index contributed by atoms with van der Waals surface area (Å²) in [5, 5.41) is 15.6. The molecule has 1 N–H and O–H groups in total. The van der Waals surface area contributed by atoms with Crippen molar-refractivity contribution in [3.05, 3.63) is 75.9 Å². The van der Waals surface area contributed by atoms with Crippen LogP contribution in [0.15, 0.2) is 48.5 Å². The summed E-state index contributed by atoms with van der Waals surface area (Å²) in [6, 6.07) is 16.8. The average Bonchev–Trinajstić information content (AvgIpc) is 3.34. The van der Waals surface area contributed by atoms with Crippen molar-refractivity contribution >= 4 is 16.3 Å². The van der Waals surface area contributed by atoms with Gasteiger partial charge in [0.1, 0.15) is 5.75 Å². The first-order chi connectivity index (χ1) is 15.2. The zero-order valence-electron chi connectivity index (χ0n) is 17.8. The van der Waals surface area contributed by atoms with Gasteiger partial charge in [-0.25, -0.2) is 4.98 Å². The first-order valence-electron chi connectivity index (χ1n) is 10.8. The fourth-order valence-electron chi connectivity index (χ4n) is 4.30. The predicted octanol–water partition coefficient (Wildman–Crippen LogP) is 4.61.